The zero-order chi connectivity index (χ0) is 19.9. The highest BCUT2D eigenvalue weighted by atomic mass is 35.5. The molecule has 0 aliphatic rings. The Kier molecular flexibility index (Phi) is 5.39. The fraction of sp³-hybridized carbons (Fsp3) is 0.353. The summed E-state index contributed by atoms with van der Waals surface area (Å²) < 4.78 is 61.2. The van der Waals surface area contributed by atoms with Crippen molar-refractivity contribution in [2.24, 2.45) is 7.05 Å². The van der Waals surface area contributed by atoms with Gasteiger partial charge in [-0.3, -0.25) is 4.79 Å². The van der Waals surface area contributed by atoms with Gasteiger partial charge in [0.15, 0.2) is 17.2 Å². The molecule has 0 bridgehead atoms. The topological polar surface area (TPSA) is 51.5 Å². The van der Waals surface area contributed by atoms with Crippen LogP contribution in [0.4, 0.5) is 17.6 Å². The van der Waals surface area contributed by atoms with Crippen molar-refractivity contribution < 1.29 is 27.4 Å². The molecule has 0 saturated carbocycles. The first-order valence-corrected chi connectivity index (χ1v) is 7.80. The van der Waals surface area contributed by atoms with E-state index in [2.05, 4.69) is 0 Å². The number of halogens is 5. The van der Waals surface area contributed by atoms with E-state index in [1.165, 1.54) is 14.2 Å². The molecule has 0 saturated heterocycles. The van der Waals surface area contributed by atoms with E-state index in [0.717, 1.165) is 42.0 Å². The van der Waals surface area contributed by atoms with E-state index in [-0.39, 0.29) is 16.3 Å². The second-order valence-corrected chi connectivity index (χ2v) is 6.27. The molecular weight excluding hydrogens is 378 g/mol. The molecule has 0 aliphatic carbocycles. The molecule has 1 N–H and O–H groups in total. The number of hydrogen-bond acceptors (Lipinski definition) is 3. The molecule has 9 heteroatoms. The number of alkyl halides is 3. The van der Waals surface area contributed by atoms with Crippen LogP contribution in [0.15, 0.2) is 35.3 Å². The third-order valence-corrected chi connectivity index (χ3v) is 4.65. The van der Waals surface area contributed by atoms with E-state index in [4.69, 9.17) is 16.3 Å². The van der Waals surface area contributed by atoms with Gasteiger partial charge in [0.25, 0.3) is 0 Å². The molecule has 26 heavy (non-hydrogen) atoms. The van der Waals surface area contributed by atoms with Crippen molar-refractivity contribution >= 4 is 11.6 Å². The lowest BCUT2D eigenvalue weighted by Gasteiger charge is -2.37. The van der Waals surface area contributed by atoms with Gasteiger partial charge in [-0.2, -0.15) is 13.2 Å². The van der Waals surface area contributed by atoms with Crippen LogP contribution in [0.2, 0.25) is 5.02 Å². The Hall–Kier alpha value is -2.06. The Bertz CT molecular complexity index is 881. The summed E-state index contributed by atoms with van der Waals surface area (Å²) in [5.74, 6) is -2.82. The van der Waals surface area contributed by atoms with Crippen molar-refractivity contribution in [3.63, 3.8) is 0 Å². The molecule has 0 radical (unpaired) electrons. The van der Waals surface area contributed by atoms with Gasteiger partial charge < -0.3 is 14.4 Å². The Morgan fingerprint density at radius 3 is 2.38 bits per heavy atom. The number of aromatic nitrogens is 1. The second-order valence-electron chi connectivity index (χ2n) is 5.86. The first-order valence-electron chi connectivity index (χ1n) is 7.42. The number of pyridine rings is 1. The molecule has 1 heterocycles. The van der Waals surface area contributed by atoms with E-state index in [9.17, 15) is 27.5 Å². The van der Waals surface area contributed by atoms with Crippen molar-refractivity contribution in [1.29, 1.82) is 0 Å². The maximum atomic E-state index is 14.0. The number of aryl methyl sites for hydroxylation is 1. The smallest absolute Gasteiger partial charge is 0.422 e. The zero-order valence-electron chi connectivity index (χ0n) is 14.1. The molecule has 2 aromatic rings. The molecule has 0 aliphatic heterocycles. The van der Waals surface area contributed by atoms with E-state index < -0.39 is 34.6 Å². The quantitative estimate of drug-likeness (QED) is 0.805. The molecule has 0 amide bonds. The van der Waals surface area contributed by atoms with Gasteiger partial charge in [0.05, 0.1) is 7.11 Å². The summed E-state index contributed by atoms with van der Waals surface area (Å²) in [6.07, 6.45) is -4.23. The van der Waals surface area contributed by atoms with Crippen LogP contribution in [0.3, 0.4) is 0 Å². The van der Waals surface area contributed by atoms with Crippen molar-refractivity contribution in [2.45, 2.75) is 24.6 Å². The van der Waals surface area contributed by atoms with Crippen LogP contribution in [-0.4, -0.2) is 23.0 Å². The van der Waals surface area contributed by atoms with Gasteiger partial charge >= 0.3 is 6.18 Å². The summed E-state index contributed by atoms with van der Waals surface area (Å²) in [6, 6.07) is 3.64. The standard InChI is InChI=1S/C17H16ClF4NO3/c1-9(11-6-13(19)14(26-3)7-12(11)18)16(25,17(20,21)22)10-4-5-15(24)23(2)8-10/h4-9,25H,1-3H3. The number of aliphatic hydroxyl groups is 1. The lowest BCUT2D eigenvalue weighted by Crippen LogP contribution is -2.47. The van der Waals surface area contributed by atoms with Gasteiger partial charge in [0.1, 0.15) is 0 Å². The maximum Gasteiger partial charge on any atom is 0.422 e. The van der Waals surface area contributed by atoms with Gasteiger partial charge in [-0.1, -0.05) is 18.5 Å². The van der Waals surface area contributed by atoms with E-state index in [0.29, 0.717) is 0 Å². The van der Waals surface area contributed by atoms with Crippen molar-refractivity contribution in [1.82, 2.24) is 4.57 Å². The molecule has 142 valence electrons. The number of rotatable bonds is 4. The first-order chi connectivity index (χ1) is 11.9. The summed E-state index contributed by atoms with van der Waals surface area (Å²) in [5, 5.41) is 10.5. The monoisotopic (exact) mass is 393 g/mol. The van der Waals surface area contributed by atoms with Gasteiger partial charge in [-0.15, -0.1) is 0 Å². The number of methoxy groups -OCH3 is 1. The van der Waals surface area contributed by atoms with Gasteiger partial charge in [-0.05, 0) is 17.7 Å². The average Bonchev–Trinajstić information content (AvgIpc) is 2.56. The molecule has 1 aromatic carbocycles. The number of hydrogen-bond donors (Lipinski definition) is 1. The Morgan fingerprint density at radius 2 is 1.88 bits per heavy atom. The average molecular weight is 394 g/mol. The van der Waals surface area contributed by atoms with Crippen LogP contribution >= 0.6 is 11.6 Å². The first kappa shape index (κ1) is 20.3. The van der Waals surface area contributed by atoms with E-state index >= 15 is 0 Å². The highest BCUT2D eigenvalue weighted by molar-refractivity contribution is 6.31. The minimum Gasteiger partial charge on any atom is -0.494 e. The molecule has 2 unspecified atom stereocenters. The second kappa shape index (κ2) is 6.92. The van der Waals surface area contributed by atoms with Crippen LogP contribution in [-0.2, 0) is 12.6 Å². The predicted octanol–water partition coefficient (Wildman–Crippen LogP) is 3.74. The third kappa shape index (κ3) is 3.31. The van der Waals surface area contributed by atoms with Crippen LogP contribution in [0.25, 0.3) is 0 Å². The van der Waals surface area contributed by atoms with E-state index in [1.807, 2.05) is 0 Å². The highest BCUT2D eigenvalue weighted by Gasteiger charge is 2.59. The molecule has 4 nitrogen and oxygen atoms in total. The molecule has 0 spiro atoms. The lowest BCUT2D eigenvalue weighted by molar-refractivity contribution is -0.274. The molecule has 2 atom stereocenters. The highest BCUT2D eigenvalue weighted by Crippen LogP contribution is 2.50. The number of benzene rings is 1. The molecule has 0 fully saturated rings. The molecule has 1 aromatic heterocycles. The molecular formula is C17H16ClF4NO3. The Labute approximate surface area is 151 Å². The number of nitrogens with zero attached hydrogens (tertiary/aromatic N) is 1. The van der Waals surface area contributed by atoms with Crippen molar-refractivity contribution in [3.8, 4) is 5.75 Å². The number of ether oxygens (including phenoxy) is 1. The zero-order valence-corrected chi connectivity index (χ0v) is 14.8. The largest absolute Gasteiger partial charge is 0.494 e. The van der Waals surface area contributed by atoms with Crippen LogP contribution in [0, 0.1) is 5.82 Å². The third-order valence-electron chi connectivity index (χ3n) is 4.32. The normalized spacial score (nSPS) is 15.4. The van der Waals surface area contributed by atoms with Crippen molar-refractivity contribution in [3.05, 3.63) is 62.8 Å². The minimum absolute atomic E-state index is 0.191. The summed E-state index contributed by atoms with van der Waals surface area (Å²) in [4.78, 5) is 11.5. The van der Waals surface area contributed by atoms with Gasteiger partial charge in [0, 0.05) is 41.9 Å². The van der Waals surface area contributed by atoms with Crippen molar-refractivity contribution in [2.75, 3.05) is 7.11 Å². The fourth-order valence-electron chi connectivity index (χ4n) is 2.74. The SMILES string of the molecule is COc1cc(Cl)c(C(C)C(O)(c2ccc(=O)n(C)c2)C(F)(F)F)cc1F. The summed E-state index contributed by atoms with van der Waals surface area (Å²) in [5.41, 5.74) is -4.76. The lowest BCUT2D eigenvalue weighted by atomic mass is 9.78. The van der Waals surface area contributed by atoms with Crippen LogP contribution < -0.4 is 10.3 Å². The molecule has 2 rings (SSSR count). The van der Waals surface area contributed by atoms with Crippen LogP contribution in [0.1, 0.15) is 24.0 Å². The fourth-order valence-corrected chi connectivity index (χ4v) is 3.05. The van der Waals surface area contributed by atoms with Gasteiger partial charge in [-0.25, -0.2) is 4.39 Å². The maximum absolute atomic E-state index is 14.0. The van der Waals surface area contributed by atoms with Crippen LogP contribution in [0.5, 0.6) is 5.75 Å². The summed E-state index contributed by atoms with van der Waals surface area (Å²) in [6.45, 7) is 1.08. The van der Waals surface area contributed by atoms with Gasteiger partial charge in [0.2, 0.25) is 5.56 Å². The minimum atomic E-state index is -5.12. The summed E-state index contributed by atoms with van der Waals surface area (Å²) >= 11 is 5.99. The Morgan fingerprint density at radius 1 is 1.27 bits per heavy atom. The predicted molar refractivity (Wildman–Crippen MR) is 88.0 cm³/mol. The van der Waals surface area contributed by atoms with E-state index in [1.54, 1.807) is 0 Å². The summed E-state index contributed by atoms with van der Waals surface area (Å²) in [7, 11) is 2.45. The Balaban J connectivity index is 2.70.